The van der Waals surface area contributed by atoms with Crippen LogP contribution < -0.4 is 10.6 Å². The number of carbonyl (C=O) groups excluding carboxylic acids is 4. The molecule has 0 amide bonds. The van der Waals surface area contributed by atoms with Crippen LogP contribution in [0.15, 0.2) is 41.7 Å². The number of hydrogen-bond donors (Lipinski definition) is 3. The largest absolute Gasteiger partial charge is 0.478 e. The summed E-state index contributed by atoms with van der Waals surface area (Å²) in [6.07, 6.45) is 2.02. The monoisotopic (exact) mass is 460 g/mol. The van der Waals surface area contributed by atoms with E-state index >= 15 is 0 Å². The molecule has 33 heavy (non-hydrogen) atoms. The van der Waals surface area contributed by atoms with Crippen LogP contribution in [0.2, 0.25) is 0 Å². The number of benzene rings is 1. The van der Waals surface area contributed by atoms with Gasteiger partial charge in [0.1, 0.15) is 0 Å². The number of hydrogen-bond acceptors (Lipinski definition) is 11. The predicted octanol–water partition coefficient (Wildman–Crippen LogP) is 1.65. The van der Waals surface area contributed by atoms with Gasteiger partial charge < -0.3 is 34.7 Å². The number of carbonyl (C=O) groups is 5. The summed E-state index contributed by atoms with van der Waals surface area (Å²) in [4.78, 5) is 59.7. The van der Waals surface area contributed by atoms with Crippen LogP contribution in [0.1, 0.15) is 38.1 Å². The van der Waals surface area contributed by atoms with Crippen molar-refractivity contribution in [2.75, 3.05) is 10.6 Å². The summed E-state index contributed by atoms with van der Waals surface area (Å²) in [6.45, 7) is 5.58. The number of anilines is 2. The number of rotatable bonds is 5. The molecule has 12 nitrogen and oxygen atoms in total. The molecule has 2 aliphatic rings. The standard InChI is InChI=1S/C21H20N2O10/c1-20(2)30-16(26)11(17(27)31-20)8-22-13-6-5-10(15(24)25)7-14(13)23-9-12-18(28)32-21(3,4)33-19(12)29/h5-9,22-23H,1-4H3,(H,24,25). The number of esters is 4. The van der Waals surface area contributed by atoms with Gasteiger partial charge in [-0.15, -0.1) is 0 Å². The molecule has 0 unspecified atom stereocenters. The normalized spacial score (nSPS) is 18.9. The first-order valence-electron chi connectivity index (χ1n) is 9.52. The van der Waals surface area contributed by atoms with Crippen LogP contribution in [-0.2, 0) is 38.1 Å². The molecule has 0 radical (unpaired) electrons. The van der Waals surface area contributed by atoms with E-state index in [1.165, 1.54) is 45.9 Å². The van der Waals surface area contributed by atoms with Crippen molar-refractivity contribution in [3.63, 3.8) is 0 Å². The quantitative estimate of drug-likeness (QED) is 0.331. The number of ether oxygens (including phenoxy) is 4. The summed E-state index contributed by atoms with van der Waals surface area (Å²) >= 11 is 0. The average molecular weight is 460 g/mol. The summed E-state index contributed by atoms with van der Waals surface area (Å²) in [6, 6.07) is 3.80. The van der Waals surface area contributed by atoms with Crippen LogP contribution in [0.5, 0.6) is 0 Å². The molecule has 3 N–H and O–H groups in total. The molecule has 0 spiro atoms. The van der Waals surface area contributed by atoms with Crippen molar-refractivity contribution >= 4 is 41.2 Å². The fraction of sp³-hybridized carbons (Fsp3) is 0.286. The fourth-order valence-corrected chi connectivity index (χ4v) is 2.78. The van der Waals surface area contributed by atoms with E-state index in [0.717, 1.165) is 12.4 Å². The lowest BCUT2D eigenvalue weighted by molar-refractivity contribution is -0.224. The molecule has 2 heterocycles. The van der Waals surface area contributed by atoms with Crippen molar-refractivity contribution in [3.05, 3.63) is 47.3 Å². The first kappa shape index (κ1) is 23.3. The summed E-state index contributed by atoms with van der Waals surface area (Å²) < 4.78 is 20.0. The summed E-state index contributed by atoms with van der Waals surface area (Å²) in [7, 11) is 0. The fourth-order valence-electron chi connectivity index (χ4n) is 2.78. The first-order valence-corrected chi connectivity index (χ1v) is 9.52. The Kier molecular flexibility index (Phi) is 5.86. The molecule has 0 bridgehead atoms. The Morgan fingerprint density at radius 2 is 1.15 bits per heavy atom. The highest BCUT2D eigenvalue weighted by molar-refractivity contribution is 6.16. The lowest BCUT2D eigenvalue weighted by Crippen LogP contribution is -2.42. The Morgan fingerprint density at radius 1 is 0.758 bits per heavy atom. The lowest BCUT2D eigenvalue weighted by Gasteiger charge is -2.30. The molecule has 12 heteroatoms. The third-order valence-electron chi connectivity index (χ3n) is 4.24. The van der Waals surface area contributed by atoms with E-state index in [1.807, 2.05) is 0 Å². The van der Waals surface area contributed by atoms with E-state index in [1.54, 1.807) is 0 Å². The van der Waals surface area contributed by atoms with Gasteiger partial charge in [-0.3, -0.25) is 0 Å². The molecule has 2 saturated heterocycles. The zero-order valence-electron chi connectivity index (χ0n) is 18.0. The van der Waals surface area contributed by atoms with Crippen molar-refractivity contribution in [2.45, 2.75) is 39.3 Å². The zero-order chi connectivity index (χ0) is 24.6. The third-order valence-corrected chi connectivity index (χ3v) is 4.24. The maximum atomic E-state index is 12.1. The number of carboxylic acids is 1. The highest BCUT2D eigenvalue weighted by Crippen LogP contribution is 2.28. The van der Waals surface area contributed by atoms with E-state index in [2.05, 4.69) is 10.6 Å². The molecule has 1 aromatic carbocycles. The van der Waals surface area contributed by atoms with Gasteiger partial charge in [0.25, 0.3) is 11.6 Å². The Morgan fingerprint density at radius 3 is 1.55 bits per heavy atom. The van der Waals surface area contributed by atoms with Crippen LogP contribution >= 0.6 is 0 Å². The van der Waals surface area contributed by atoms with Crippen LogP contribution in [-0.4, -0.2) is 46.5 Å². The van der Waals surface area contributed by atoms with Gasteiger partial charge in [0.2, 0.25) is 0 Å². The maximum Gasteiger partial charge on any atom is 0.350 e. The minimum absolute atomic E-state index is 0.0857. The van der Waals surface area contributed by atoms with Crippen molar-refractivity contribution < 1.29 is 48.0 Å². The molecule has 1 aromatic rings. The minimum Gasteiger partial charge on any atom is -0.478 e. The topological polar surface area (TPSA) is 167 Å². The van der Waals surface area contributed by atoms with E-state index in [4.69, 9.17) is 18.9 Å². The molecular formula is C21H20N2O10. The van der Waals surface area contributed by atoms with Gasteiger partial charge in [0.05, 0.1) is 16.9 Å². The van der Waals surface area contributed by atoms with Gasteiger partial charge in [0.15, 0.2) is 11.1 Å². The van der Waals surface area contributed by atoms with Crippen molar-refractivity contribution in [3.8, 4) is 0 Å². The molecule has 0 atom stereocenters. The number of nitrogens with one attached hydrogen (secondary N) is 2. The molecule has 0 aliphatic carbocycles. The number of carboxylic acid groups (broad SMARTS) is 1. The summed E-state index contributed by atoms with van der Waals surface area (Å²) in [5.41, 5.74) is -0.735. The van der Waals surface area contributed by atoms with Gasteiger partial charge in [-0.1, -0.05) is 0 Å². The Labute approximate surface area is 187 Å². The van der Waals surface area contributed by atoms with Gasteiger partial charge in [0, 0.05) is 40.1 Å². The molecule has 174 valence electrons. The SMILES string of the molecule is CC1(C)OC(=O)C(=CNc2ccc(C(=O)O)cc2NC=C2C(=O)OC(C)(C)OC2=O)C(=O)O1. The van der Waals surface area contributed by atoms with Gasteiger partial charge >= 0.3 is 29.8 Å². The highest BCUT2D eigenvalue weighted by atomic mass is 16.7. The second kappa shape index (κ2) is 8.30. The third kappa shape index (κ3) is 5.29. The lowest BCUT2D eigenvalue weighted by atomic mass is 10.1. The summed E-state index contributed by atoms with van der Waals surface area (Å²) in [5, 5.41) is 14.6. The van der Waals surface area contributed by atoms with E-state index in [-0.39, 0.29) is 16.9 Å². The van der Waals surface area contributed by atoms with Crippen LogP contribution in [0.3, 0.4) is 0 Å². The molecule has 0 aromatic heterocycles. The minimum atomic E-state index is -1.43. The highest BCUT2D eigenvalue weighted by Gasteiger charge is 2.40. The summed E-state index contributed by atoms with van der Waals surface area (Å²) in [5.74, 6) is -7.79. The molecular weight excluding hydrogens is 440 g/mol. The molecule has 0 saturated carbocycles. The van der Waals surface area contributed by atoms with Gasteiger partial charge in [-0.25, -0.2) is 24.0 Å². The van der Waals surface area contributed by atoms with Crippen molar-refractivity contribution in [2.24, 2.45) is 0 Å². The molecule has 2 fully saturated rings. The van der Waals surface area contributed by atoms with Crippen LogP contribution in [0, 0.1) is 0 Å². The first-order chi connectivity index (χ1) is 15.3. The van der Waals surface area contributed by atoms with E-state index in [0.29, 0.717) is 0 Å². The predicted molar refractivity (Wildman–Crippen MR) is 109 cm³/mol. The Bertz CT molecular complexity index is 1090. The van der Waals surface area contributed by atoms with Crippen molar-refractivity contribution in [1.82, 2.24) is 0 Å². The maximum absolute atomic E-state index is 12.1. The van der Waals surface area contributed by atoms with E-state index < -0.39 is 52.6 Å². The average Bonchev–Trinajstić information content (AvgIpc) is 2.65. The second-order valence-corrected chi connectivity index (χ2v) is 7.83. The number of aromatic carboxylic acids is 1. The van der Waals surface area contributed by atoms with E-state index in [9.17, 15) is 29.1 Å². The van der Waals surface area contributed by atoms with Crippen molar-refractivity contribution in [1.29, 1.82) is 0 Å². The van der Waals surface area contributed by atoms with Crippen LogP contribution in [0.25, 0.3) is 0 Å². The van der Waals surface area contributed by atoms with Crippen LogP contribution in [0.4, 0.5) is 11.4 Å². The smallest absolute Gasteiger partial charge is 0.350 e. The Hall–Kier alpha value is -4.35. The Balaban J connectivity index is 1.89. The molecule has 2 aliphatic heterocycles. The second-order valence-electron chi connectivity index (χ2n) is 7.83. The van der Waals surface area contributed by atoms with Gasteiger partial charge in [-0.2, -0.15) is 0 Å². The zero-order valence-corrected chi connectivity index (χ0v) is 18.0. The molecule has 3 rings (SSSR count). The number of cyclic esters (lactones) is 4. The van der Waals surface area contributed by atoms with Gasteiger partial charge in [-0.05, 0) is 18.2 Å².